The topological polar surface area (TPSA) is 149 Å². The lowest BCUT2D eigenvalue weighted by Crippen LogP contribution is -2.49. The Labute approximate surface area is 236 Å². The lowest BCUT2D eigenvalue weighted by molar-refractivity contribution is 0.00696. The minimum Gasteiger partial charge on any atom is -0.477 e. The quantitative estimate of drug-likeness (QED) is 0.344. The van der Waals surface area contributed by atoms with Crippen LogP contribution in [0.2, 0.25) is 0 Å². The molecule has 2 N–H and O–H groups in total. The van der Waals surface area contributed by atoms with Crippen LogP contribution < -0.4 is 14.8 Å². The zero-order chi connectivity index (χ0) is 27.9. The maximum absolute atomic E-state index is 13.5. The Bertz CT molecular complexity index is 1500. The van der Waals surface area contributed by atoms with Crippen molar-refractivity contribution in [2.24, 2.45) is 0 Å². The number of carbonyl (C=O) groups is 1. The van der Waals surface area contributed by atoms with Crippen LogP contribution in [0.15, 0.2) is 36.9 Å². The molecular formula is C26H31N7O5S2. The van der Waals surface area contributed by atoms with E-state index in [2.05, 4.69) is 41.8 Å². The molecule has 2 saturated heterocycles. The molecule has 3 aliphatic rings. The van der Waals surface area contributed by atoms with E-state index in [-0.39, 0.29) is 34.4 Å². The van der Waals surface area contributed by atoms with Crippen LogP contribution >= 0.6 is 11.3 Å². The van der Waals surface area contributed by atoms with Gasteiger partial charge in [-0.2, -0.15) is 0 Å². The fourth-order valence-corrected chi connectivity index (χ4v) is 7.41. The van der Waals surface area contributed by atoms with E-state index in [9.17, 15) is 13.2 Å². The van der Waals surface area contributed by atoms with Crippen LogP contribution in [0.4, 0.5) is 5.69 Å². The van der Waals surface area contributed by atoms with E-state index in [0.717, 1.165) is 13.0 Å². The summed E-state index contributed by atoms with van der Waals surface area (Å²) >= 11 is 1.21. The number of aromatic nitrogens is 4. The van der Waals surface area contributed by atoms with Gasteiger partial charge in [0, 0.05) is 31.0 Å². The summed E-state index contributed by atoms with van der Waals surface area (Å²) in [6.45, 7) is 5.81. The van der Waals surface area contributed by atoms with Crippen molar-refractivity contribution in [1.82, 2.24) is 30.2 Å². The van der Waals surface area contributed by atoms with Gasteiger partial charge in [0.25, 0.3) is 5.91 Å². The van der Waals surface area contributed by atoms with Gasteiger partial charge in [0.05, 0.1) is 59.3 Å². The van der Waals surface area contributed by atoms with Gasteiger partial charge in [0.1, 0.15) is 5.69 Å². The molecule has 40 heavy (non-hydrogen) atoms. The summed E-state index contributed by atoms with van der Waals surface area (Å²) in [6.07, 6.45) is 8.78. The van der Waals surface area contributed by atoms with Gasteiger partial charge in [-0.25, -0.2) is 18.4 Å². The molecule has 4 atom stereocenters. The Hall–Kier alpha value is -3.20. The van der Waals surface area contributed by atoms with Crippen molar-refractivity contribution in [1.29, 1.82) is 0 Å². The minimum absolute atomic E-state index is 0.126. The fourth-order valence-electron chi connectivity index (χ4n) is 5.25. The van der Waals surface area contributed by atoms with Gasteiger partial charge in [0.15, 0.2) is 5.01 Å². The number of morpholine rings is 1. The molecule has 3 aromatic rings. The molecule has 6 rings (SSSR count). The molecule has 1 aliphatic carbocycles. The SMILES string of the molecule is CCOc1cncc(-c2cnc(C(=O)N[C@H](c3cc(NS(=O)(=O)C4CC4)ccn3)[C@H](C)N3C[C@H]4C[C@@H]3CO4)s2)n1. The van der Waals surface area contributed by atoms with Crippen LogP contribution in [0, 0.1) is 0 Å². The second-order valence-electron chi connectivity index (χ2n) is 10.3. The smallest absolute Gasteiger partial charge is 0.280 e. The van der Waals surface area contributed by atoms with E-state index in [1.54, 1.807) is 30.7 Å². The summed E-state index contributed by atoms with van der Waals surface area (Å²) in [6, 6.07) is 2.94. The van der Waals surface area contributed by atoms with Gasteiger partial charge in [0.2, 0.25) is 15.9 Å². The first-order chi connectivity index (χ1) is 19.3. The molecule has 2 aliphatic heterocycles. The Balaban J connectivity index is 1.25. The number of sulfonamides is 1. The highest BCUT2D eigenvalue weighted by Gasteiger charge is 2.44. The highest BCUT2D eigenvalue weighted by Crippen LogP contribution is 2.35. The van der Waals surface area contributed by atoms with Crippen molar-refractivity contribution < 1.29 is 22.7 Å². The number of rotatable bonds is 11. The van der Waals surface area contributed by atoms with Crippen molar-refractivity contribution in [3.05, 3.63) is 47.6 Å². The predicted molar refractivity (Wildman–Crippen MR) is 149 cm³/mol. The fraction of sp³-hybridized carbons (Fsp3) is 0.500. The third kappa shape index (κ3) is 5.66. The minimum atomic E-state index is -3.44. The molecule has 1 amide bonds. The van der Waals surface area contributed by atoms with E-state index in [4.69, 9.17) is 9.47 Å². The Morgan fingerprint density at radius 1 is 1.27 bits per heavy atom. The molecule has 212 valence electrons. The molecule has 0 aromatic carbocycles. The molecule has 1 saturated carbocycles. The third-order valence-electron chi connectivity index (χ3n) is 7.41. The van der Waals surface area contributed by atoms with Crippen molar-refractivity contribution in [3.63, 3.8) is 0 Å². The molecule has 0 radical (unpaired) electrons. The molecule has 3 aromatic heterocycles. The normalized spacial score (nSPS) is 22.1. The predicted octanol–water partition coefficient (Wildman–Crippen LogP) is 2.63. The number of ether oxygens (including phenoxy) is 2. The zero-order valence-corrected chi connectivity index (χ0v) is 23.8. The summed E-state index contributed by atoms with van der Waals surface area (Å²) in [5, 5.41) is 3.05. The first kappa shape index (κ1) is 27.0. The number of anilines is 1. The van der Waals surface area contributed by atoms with E-state index in [0.29, 0.717) is 53.9 Å². The average molecular weight is 586 g/mol. The lowest BCUT2D eigenvalue weighted by atomic mass is 10.0. The van der Waals surface area contributed by atoms with Crippen molar-refractivity contribution in [2.75, 3.05) is 24.5 Å². The summed E-state index contributed by atoms with van der Waals surface area (Å²) < 4.78 is 39.0. The van der Waals surface area contributed by atoms with Gasteiger partial charge in [-0.1, -0.05) is 0 Å². The number of pyridine rings is 1. The molecule has 0 spiro atoms. The molecule has 5 heterocycles. The second kappa shape index (κ2) is 11.0. The van der Waals surface area contributed by atoms with Crippen molar-refractivity contribution in [2.45, 2.75) is 62.6 Å². The molecule has 2 bridgehead atoms. The summed E-state index contributed by atoms with van der Waals surface area (Å²) in [5.41, 5.74) is 1.56. The number of amides is 1. The van der Waals surface area contributed by atoms with Crippen LogP contribution in [-0.2, 0) is 14.8 Å². The number of thiazole rings is 1. The van der Waals surface area contributed by atoms with Gasteiger partial charge in [-0.05, 0) is 45.2 Å². The number of nitrogens with zero attached hydrogens (tertiary/aromatic N) is 5. The van der Waals surface area contributed by atoms with Crippen LogP contribution in [0.25, 0.3) is 10.6 Å². The molecule has 12 nitrogen and oxygen atoms in total. The van der Waals surface area contributed by atoms with Crippen LogP contribution in [-0.4, -0.2) is 82.4 Å². The van der Waals surface area contributed by atoms with Gasteiger partial charge in [-0.3, -0.25) is 24.4 Å². The summed E-state index contributed by atoms with van der Waals surface area (Å²) in [5.74, 6) is 0.0499. The third-order valence-corrected chi connectivity index (χ3v) is 10.3. The second-order valence-corrected chi connectivity index (χ2v) is 13.2. The van der Waals surface area contributed by atoms with Gasteiger partial charge >= 0.3 is 0 Å². The Morgan fingerprint density at radius 3 is 2.85 bits per heavy atom. The van der Waals surface area contributed by atoms with Crippen molar-refractivity contribution >= 4 is 33.0 Å². The van der Waals surface area contributed by atoms with E-state index >= 15 is 0 Å². The number of nitrogens with one attached hydrogen (secondary N) is 2. The monoisotopic (exact) mass is 585 g/mol. The number of carbonyl (C=O) groups excluding carboxylic acids is 1. The largest absolute Gasteiger partial charge is 0.477 e. The van der Waals surface area contributed by atoms with Gasteiger partial charge in [-0.15, -0.1) is 11.3 Å². The standard InChI is InChI=1S/C26H31N7O5S2/c1-3-37-23-12-27-10-21(30-23)22-11-29-26(39-22)25(34)31-24(15(2)33-13-18-9-17(33)14-38-18)20-8-16(6-7-28-20)32-40(35,36)19-4-5-19/h6-8,10-12,15,17-19,24H,3-5,9,13-14H2,1-2H3,(H,28,32)(H,31,34)/t15-,17+,18+,24-/m0/s1. The Kier molecular flexibility index (Phi) is 7.42. The summed E-state index contributed by atoms with van der Waals surface area (Å²) in [7, 11) is -3.44. The number of hydrogen-bond acceptors (Lipinski definition) is 11. The van der Waals surface area contributed by atoms with Crippen LogP contribution in [0.5, 0.6) is 5.88 Å². The van der Waals surface area contributed by atoms with E-state index < -0.39 is 16.1 Å². The number of hydrogen-bond donors (Lipinski definition) is 2. The Morgan fingerprint density at radius 2 is 2.12 bits per heavy atom. The van der Waals surface area contributed by atoms with Crippen LogP contribution in [0.1, 0.15) is 54.6 Å². The first-order valence-electron chi connectivity index (χ1n) is 13.4. The van der Waals surface area contributed by atoms with Gasteiger partial charge < -0.3 is 14.8 Å². The highest BCUT2D eigenvalue weighted by atomic mass is 32.2. The molecule has 3 fully saturated rings. The van der Waals surface area contributed by atoms with E-state index in [1.807, 2.05) is 6.92 Å². The molecule has 0 unspecified atom stereocenters. The van der Waals surface area contributed by atoms with E-state index in [1.165, 1.54) is 17.5 Å². The summed E-state index contributed by atoms with van der Waals surface area (Å²) in [4.78, 5) is 34.1. The van der Waals surface area contributed by atoms with Crippen LogP contribution in [0.3, 0.4) is 0 Å². The maximum atomic E-state index is 13.5. The van der Waals surface area contributed by atoms with Crippen molar-refractivity contribution in [3.8, 4) is 16.5 Å². The number of likely N-dealkylation sites (tertiary alicyclic amines) is 1. The zero-order valence-electron chi connectivity index (χ0n) is 22.2. The molecular weight excluding hydrogens is 554 g/mol. The highest BCUT2D eigenvalue weighted by molar-refractivity contribution is 7.93. The first-order valence-corrected chi connectivity index (χ1v) is 15.7. The average Bonchev–Trinajstić information content (AvgIpc) is 3.35. The number of fused-ring (bicyclic) bond motifs is 2. The maximum Gasteiger partial charge on any atom is 0.280 e. The molecule has 14 heteroatoms. The lowest BCUT2D eigenvalue weighted by Gasteiger charge is -2.37.